The molecule has 20 heavy (non-hydrogen) atoms. The second-order valence-electron chi connectivity index (χ2n) is 5.62. The molecule has 0 fully saturated rings. The third-order valence-electron chi connectivity index (χ3n) is 2.99. The van der Waals surface area contributed by atoms with Gasteiger partial charge in [0.2, 0.25) is 5.91 Å². The molecule has 0 unspecified atom stereocenters. The lowest BCUT2D eigenvalue weighted by Crippen LogP contribution is -2.50. The first-order valence-electron chi connectivity index (χ1n) is 6.49. The summed E-state index contributed by atoms with van der Waals surface area (Å²) in [5, 5.41) is 11.4. The third kappa shape index (κ3) is 4.99. The summed E-state index contributed by atoms with van der Waals surface area (Å²) in [5.41, 5.74) is -0.460. The molecule has 1 aromatic rings. The first kappa shape index (κ1) is 16.1. The van der Waals surface area contributed by atoms with Crippen LogP contribution < -0.4 is 5.32 Å². The Labute approximate surface area is 118 Å². The molecule has 0 aliphatic carbocycles. The number of carbonyl (C=O) groups is 2. The van der Waals surface area contributed by atoms with Crippen molar-refractivity contribution in [3.63, 3.8) is 0 Å². The first-order chi connectivity index (χ1) is 9.20. The average molecular weight is 281 g/mol. The highest BCUT2D eigenvalue weighted by Crippen LogP contribution is 2.14. The SMILES string of the molecule is C[C@@H](CC(=O)NC(C)(C)C(=O)O)Cc1cccc(F)c1. The molecular weight excluding hydrogens is 261 g/mol. The number of nitrogens with one attached hydrogen (secondary N) is 1. The van der Waals surface area contributed by atoms with Crippen molar-refractivity contribution in [3.05, 3.63) is 35.6 Å². The third-order valence-corrected chi connectivity index (χ3v) is 2.99. The predicted octanol–water partition coefficient (Wildman–Crippen LogP) is 2.37. The van der Waals surface area contributed by atoms with E-state index in [0.717, 1.165) is 5.56 Å². The Balaban J connectivity index is 2.52. The minimum atomic E-state index is -1.28. The van der Waals surface area contributed by atoms with Gasteiger partial charge in [0.1, 0.15) is 11.4 Å². The minimum Gasteiger partial charge on any atom is -0.480 e. The standard InChI is InChI=1S/C15H20FNO3/c1-10(7-11-5-4-6-12(16)9-11)8-13(18)17-15(2,3)14(19)20/h4-6,9-10H,7-8H2,1-3H3,(H,17,18)(H,19,20)/t10-/m1/s1. The maximum Gasteiger partial charge on any atom is 0.328 e. The molecule has 1 atom stereocenters. The van der Waals surface area contributed by atoms with Crippen LogP contribution in [-0.2, 0) is 16.0 Å². The lowest BCUT2D eigenvalue weighted by atomic mass is 9.97. The second-order valence-corrected chi connectivity index (χ2v) is 5.62. The zero-order valence-corrected chi connectivity index (χ0v) is 11.9. The Hall–Kier alpha value is -1.91. The molecule has 1 amide bonds. The van der Waals surface area contributed by atoms with Crippen molar-refractivity contribution in [1.82, 2.24) is 5.32 Å². The smallest absolute Gasteiger partial charge is 0.328 e. The van der Waals surface area contributed by atoms with Crippen molar-refractivity contribution in [2.75, 3.05) is 0 Å². The van der Waals surface area contributed by atoms with Gasteiger partial charge in [0.25, 0.3) is 0 Å². The molecular formula is C15H20FNO3. The van der Waals surface area contributed by atoms with E-state index >= 15 is 0 Å². The van der Waals surface area contributed by atoms with E-state index in [2.05, 4.69) is 5.32 Å². The van der Waals surface area contributed by atoms with Gasteiger partial charge in [0.15, 0.2) is 0 Å². The van der Waals surface area contributed by atoms with Gasteiger partial charge in [0.05, 0.1) is 0 Å². The summed E-state index contributed by atoms with van der Waals surface area (Å²) in [5.74, 6) is -1.70. The van der Waals surface area contributed by atoms with Crippen LogP contribution in [-0.4, -0.2) is 22.5 Å². The van der Waals surface area contributed by atoms with Crippen LogP contribution in [0, 0.1) is 11.7 Å². The number of carbonyl (C=O) groups excluding carboxylic acids is 1. The summed E-state index contributed by atoms with van der Waals surface area (Å²) >= 11 is 0. The fourth-order valence-corrected chi connectivity index (χ4v) is 1.91. The number of rotatable bonds is 6. The maximum atomic E-state index is 13.0. The van der Waals surface area contributed by atoms with Crippen LogP contribution in [0.1, 0.15) is 32.8 Å². The molecule has 1 aromatic carbocycles. The van der Waals surface area contributed by atoms with Crippen LogP contribution in [0.3, 0.4) is 0 Å². The van der Waals surface area contributed by atoms with E-state index in [1.807, 2.05) is 6.92 Å². The number of benzene rings is 1. The van der Waals surface area contributed by atoms with Gasteiger partial charge in [-0.15, -0.1) is 0 Å². The summed E-state index contributed by atoms with van der Waals surface area (Å²) in [4.78, 5) is 22.7. The van der Waals surface area contributed by atoms with Crippen LogP contribution in [0.25, 0.3) is 0 Å². The van der Waals surface area contributed by atoms with Crippen molar-refractivity contribution in [2.45, 2.75) is 39.2 Å². The van der Waals surface area contributed by atoms with E-state index < -0.39 is 11.5 Å². The summed E-state index contributed by atoms with van der Waals surface area (Å²) < 4.78 is 13.0. The van der Waals surface area contributed by atoms with E-state index in [-0.39, 0.29) is 24.1 Å². The summed E-state index contributed by atoms with van der Waals surface area (Å²) in [6, 6.07) is 6.25. The maximum absolute atomic E-state index is 13.0. The Morgan fingerprint density at radius 2 is 2.05 bits per heavy atom. The van der Waals surface area contributed by atoms with Gasteiger partial charge in [-0.2, -0.15) is 0 Å². The molecule has 0 saturated heterocycles. The number of hydrogen-bond acceptors (Lipinski definition) is 2. The first-order valence-corrected chi connectivity index (χ1v) is 6.49. The number of hydrogen-bond donors (Lipinski definition) is 2. The molecule has 5 heteroatoms. The fourth-order valence-electron chi connectivity index (χ4n) is 1.91. The zero-order chi connectivity index (χ0) is 15.3. The lowest BCUT2D eigenvalue weighted by Gasteiger charge is -2.22. The van der Waals surface area contributed by atoms with Crippen LogP contribution in [0.4, 0.5) is 4.39 Å². The molecule has 0 spiro atoms. The molecule has 0 radical (unpaired) electrons. The largest absolute Gasteiger partial charge is 0.480 e. The molecule has 1 rings (SSSR count). The number of aliphatic carboxylic acids is 1. The quantitative estimate of drug-likeness (QED) is 0.841. The number of halogens is 1. The average Bonchev–Trinajstić information content (AvgIpc) is 2.26. The minimum absolute atomic E-state index is 0.00129. The van der Waals surface area contributed by atoms with Crippen LogP contribution in [0.15, 0.2) is 24.3 Å². The summed E-state index contributed by atoms with van der Waals surface area (Å²) in [6.45, 7) is 4.74. The number of amides is 1. The van der Waals surface area contributed by atoms with E-state index in [1.54, 1.807) is 12.1 Å². The van der Waals surface area contributed by atoms with Gasteiger partial charge in [0, 0.05) is 6.42 Å². The van der Waals surface area contributed by atoms with Gasteiger partial charge < -0.3 is 10.4 Å². The highest BCUT2D eigenvalue weighted by atomic mass is 19.1. The molecule has 0 bridgehead atoms. The van der Waals surface area contributed by atoms with Crippen LogP contribution in [0.5, 0.6) is 0 Å². The van der Waals surface area contributed by atoms with E-state index in [1.165, 1.54) is 26.0 Å². The Bertz CT molecular complexity index is 500. The van der Waals surface area contributed by atoms with E-state index in [0.29, 0.717) is 6.42 Å². The molecule has 0 aromatic heterocycles. The van der Waals surface area contributed by atoms with Crippen molar-refractivity contribution in [2.24, 2.45) is 5.92 Å². The van der Waals surface area contributed by atoms with E-state index in [4.69, 9.17) is 5.11 Å². The number of carboxylic acid groups (broad SMARTS) is 1. The van der Waals surface area contributed by atoms with Crippen molar-refractivity contribution in [3.8, 4) is 0 Å². The van der Waals surface area contributed by atoms with Gasteiger partial charge in [-0.1, -0.05) is 19.1 Å². The van der Waals surface area contributed by atoms with Crippen LogP contribution >= 0.6 is 0 Å². The fraction of sp³-hybridized carbons (Fsp3) is 0.467. The normalized spacial score (nSPS) is 12.8. The van der Waals surface area contributed by atoms with Crippen molar-refractivity contribution >= 4 is 11.9 Å². The molecule has 110 valence electrons. The molecule has 4 nitrogen and oxygen atoms in total. The van der Waals surface area contributed by atoms with Crippen LogP contribution in [0.2, 0.25) is 0 Å². The number of carboxylic acids is 1. The molecule has 0 saturated carbocycles. The predicted molar refractivity (Wildman–Crippen MR) is 73.7 cm³/mol. The summed E-state index contributed by atoms with van der Waals surface area (Å²) in [7, 11) is 0. The molecule has 2 N–H and O–H groups in total. The molecule has 0 aliphatic rings. The Kier molecular flexibility index (Phi) is 5.25. The monoisotopic (exact) mass is 281 g/mol. The highest BCUT2D eigenvalue weighted by Gasteiger charge is 2.29. The summed E-state index contributed by atoms with van der Waals surface area (Å²) in [6.07, 6.45) is 0.770. The van der Waals surface area contributed by atoms with Gasteiger partial charge >= 0.3 is 5.97 Å². The topological polar surface area (TPSA) is 66.4 Å². The molecule has 0 heterocycles. The van der Waals surface area contributed by atoms with Gasteiger partial charge in [-0.25, -0.2) is 9.18 Å². The zero-order valence-electron chi connectivity index (χ0n) is 11.9. The van der Waals surface area contributed by atoms with Crippen molar-refractivity contribution in [1.29, 1.82) is 0 Å². The van der Waals surface area contributed by atoms with E-state index in [9.17, 15) is 14.0 Å². The molecule has 0 aliphatic heterocycles. The lowest BCUT2D eigenvalue weighted by molar-refractivity contribution is -0.146. The Morgan fingerprint density at radius 3 is 2.60 bits per heavy atom. The highest BCUT2D eigenvalue weighted by molar-refractivity contribution is 5.86. The Morgan fingerprint density at radius 1 is 1.40 bits per heavy atom. The van der Waals surface area contributed by atoms with Gasteiger partial charge in [-0.05, 0) is 43.9 Å². The second kappa shape index (κ2) is 6.50. The van der Waals surface area contributed by atoms with Gasteiger partial charge in [-0.3, -0.25) is 4.79 Å². The van der Waals surface area contributed by atoms with Crippen molar-refractivity contribution < 1.29 is 19.1 Å².